The molecule has 0 aromatic rings. The molecule has 0 saturated carbocycles. The van der Waals surface area contributed by atoms with Crippen molar-refractivity contribution in [1.29, 1.82) is 0 Å². The van der Waals surface area contributed by atoms with Crippen LogP contribution in [0.5, 0.6) is 0 Å². The van der Waals surface area contributed by atoms with Crippen molar-refractivity contribution in [3.8, 4) is 0 Å². The van der Waals surface area contributed by atoms with Gasteiger partial charge in [0.25, 0.3) is 0 Å². The number of sulfone groups is 1. The Morgan fingerprint density at radius 1 is 1.29 bits per heavy atom. The Balaban J connectivity index is 3.45. The van der Waals surface area contributed by atoms with Crippen LogP contribution in [-0.2, 0) is 14.6 Å². The molecule has 84 valence electrons. The summed E-state index contributed by atoms with van der Waals surface area (Å²) >= 11 is 0. The number of hydrogen-bond acceptors (Lipinski definition) is 3. The van der Waals surface area contributed by atoms with Crippen molar-refractivity contribution >= 4 is 15.7 Å². The fraction of sp³-hybridized carbons (Fsp3) is 0.889. The van der Waals surface area contributed by atoms with Crippen LogP contribution < -0.4 is 5.32 Å². The molecule has 0 spiro atoms. The van der Waals surface area contributed by atoms with Crippen molar-refractivity contribution in [2.45, 2.75) is 32.6 Å². The first-order valence-electron chi connectivity index (χ1n) is 4.90. The van der Waals surface area contributed by atoms with Gasteiger partial charge in [-0.1, -0.05) is 19.8 Å². The molecule has 0 saturated heterocycles. The molecule has 0 aliphatic heterocycles. The lowest BCUT2D eigenvalue weighted by molar-refractivity contribution is -0.121. The number of amides is 1. The number of unbranched alkanes of at least 4 members (excludes halogenated alkanes) is 2. The molecular formula is C9H19NO3S. The number of nitrogens with one attached hydrogen (secondary N) is 1. The number of carbonyl (C=O) groups excluding carboxylic acids is 1. The zero-order valence-electron chi connectivity index (χ0n) is 8.88. The minimum atomic E-state index is -2.96. The Bertz CT molecular complexity index is 259. The molecular weight excluding hydrogens is 202 g/mol. The van der Waals surface area contributed by atoms with E-state index in [0.29, 0.717) is 6.42 Å². The summed E-state index contributed by atoms with van der Waals surface area (Å²) in [5.74, 6) is -0.0333. The van der Waals surface area contributed by atoms with Crippen LogP contribution in [0.15, 0.2) is 0 Å². The first kappa shape index (κ1) is 13.4. The standard InChI is InChI=1S/C9H19NO3S/c1-3-4-5-6-9(11)10-7-8-14(2,12)13/h3-8H2,1-2H3,(H,10,11). The molecule has 0 fully saturated rings. The Hall–Kier alpha value is -0.580. The third kappa shape index (κ3) is 9.51. The van der Waals surface area contributed by atoms with Crippen LogP contribution >= 0.6 is 0 Å². The van der Waals surface area contributed by atoms with Crippen LogP contribution in [0, 0.1) is 0 Å². The topological polar surface area (TPSA) is 63.2 Å². The van der Waals surface area contributed by atoms with E-state index in [1.54, 1.807) is 0 Å². The summed E-state index contributed by atoms with van der Waals surface area (Å²) in [4.78, 5) is 11.1. The summed E-state index contributed by atoms with van der Waals surface area (Å²) < 4.78 is 21.4. The van der Waals surface area contributed by atoms with E-state index in [9.17, 15) is 13.2 Å². The van der Waals surface area contributed by atoms with Gasteiger partial charge in [0.2, 0.25) is 5.91 Å². The number of hydrogen-bond donors (Lipinski definition) is 1. The van der Waals surface area contributed by atoms with Crippen molar-refractivity contribution in [3.63, 3.8) is 0 Å². The second-order valence-electron chi connectivity index (χ2n) is 3.44. The molecule has 0 atom stereocenters. The van der Waals surface area contributed by atoms with Gasteiger partial charge in [0.15, 0.2) is 0 Å². The first-order valence-corrected chi connectivity index (χ1v) is 6.96. The molecule has 1 amide bonds. The Labute approximate surface area is 86.0 Å². The summed E-state index contributed by atoms with van der Waals surface area (Å²) in [5.41, 5.74) is 0. The SMILES string of the molecule is CCCCCC(=O)NCCS(C)(=O)=O. The third-order valence-electron chi connectivity index (χ3n) is 1.80. The van der Waals surface area contributed by atoms with Gasteiger partial charge in [-0.25, -0.2) is 8.42 Å². The Kier molecular flexibility index (Phi) is 6.53. The number of carbonyl (C=O) groups is 1. The highest BCUT2D eigenvalue weighted by Crippen LogP contribution is 1.97. The van der Waals surface area contributed by atoms with E-state index in [2.05, 4.69) is 12.2 Å². The van der Waals surface area contributed by atoms with Crippen molar-refractivity contribution in [3.05, 3.63) is 0 Å². The fourth-order valence-corrected chi connectivity index (χ4v) is 1.47. The first-order chi connectivity index (χ1) is 6.45. The maximum Gasteiger partial charge on any atom is 0.220 e. The highest BCUT2D eigenvalue weighted by atomic mass is 32.2. The van der Waals surface area contributed by atoms with Crippen LogP contribution in [0.1, 0.15) is 32.6 Å². The van der Waals surface area contributed by atoms with Crippen LogP contribution in [-0.4, -0.2) is 32.9 Å². The quantitative estimate of drug-likeness (QED) is 0.645. The third-order valence-corrected chi connectivity index (χ3v) is 2.75. The molecule has 0 unspecified atom stereocenters. The van der Waals surface area contributed by atoms with Gasteiger partial charge in [-0.2, -0.15) is 0 Å². The second kappa shape index (κ2) is 6.81. The summed E-state index contributed by atoms with van der Waals surface area (Å²) in [5, 5.41) is 2.58. The van der Waals surface area contributed by atoms with Gasteiger partial charge in [0.1, 0.15) is 9.84 Å². The zero-order valence-corrected chi connectivity index (χ0v) is 9.69. The Morgan fingerprint density at radius 3 is 2.43 bits per heavy atom. The minimum Gasteiger partial charge on any atom is -0.355 e. The minimum absolute atomic E-state index is 0.0204. The van der Waals surface area contributed by atoms with E-state index >= 15 is 0 Å². The van der Waals surface area contributed by atoms with Gasteiger partial charge in [-0.3, -0.25) is 4.79 Å². The lowest BCUT2D eigenvalue weighted by Gasteiger charge is -2.03. The van der Waals surface area contributed by atoms with Crippen molar-refractivity contribution in [1.82, 2.24) is 5.32 Å². The van der Waals surface area contributed by atoms with E-state index in [0.717, 1.165) is 25.5 Å². The molecule has 5 heteroatoms. The van der Waals surface area contributed by atoms with Crippen molar-refractivity contribution in [2.75, 3.05) is 18.6 Å². The van der Waals surface area contributed by atoms with Gasteiger partial charge < -0.3 is 5.32 Å². The largest absolute Gasteiger partial charge is 0.355 e. The van der Waals surface area contributed by atoms with E-state index in [-0.39, 0.29) is 18.2 Å². The van der Waals surface area contributed by atoms with Gasteiger partial charge in [-0.15, -0.1) is 0 Å². The predicted octanol–water partition coefficient (Wildman–Crippen LogP) is 0.728. The molecule has 0 rings (SSSR count). The van der Waals surface area contributed by atoms with E-state index in [4.69, 9.17) is 0 Å². The molecule has 0 aromatic carbocycles. The zero-order chi connectivity index (χ0) is 11.0. The smallest absolute Gasteiger partial charge is 0.220 e. The average Bonchev–Trinajstić information content (AvgIpc) is 2.02. The summed E-state index contributed by atoms with van der Waals surface area (Å²) in [6.07, 6.45) is 4.66. The molecule has 0 radical (unpaired) electrons. The predicted molar refractivity (Wildman–Crippen MR) is 56.9 cm³/mol. The molecule has 0 aliphatic rings. The van der Waals surface area contributed by atoms with E-state index in [1.807, 2.05) is 0 Å². The van der Waals surface area contributed by atoms with E-state index in [1.165, 1.54) is 0 Å². The molecule has 14 heavy (non-hydrogen) atoms. The lowest BCUT2D eigenvalue weighted by Crippen LogP contribution is -2.28. The highest BCUT2D eigenvalue weighted by Gasteiger charge is 2.04. The van der Waals surface area contributed by atoms with Crippen LogP contribution in [0.25, 0.3) is 0 Å². The fourth-order valence-electron chi connectivity index (χ4n) is 1.000. The summed E-state index contributed by atoms with van der Waals surface area (Å²) in [6.45, 7) is 2.30. The van der Waals surface area contributed by atoms with Gasteiger partial charge in [-0.05, 0) is 6.42 Å². The van der Waals surface area contributed by atoms with Crippen LogP contribution in [0.2, 0.25) is 0 Å². The lowest BCUT2D eigenvalue weighted by atomic mass is 10.2. The van der Waals surface area contributed by atoms with Gasteiger partial charge >= 0.3 is 0 Å². The normalized spacial score (nSPS) is 11.3. The molecule has 0 heterocycles. The molecule has 4 nitrogen and oxygen atoms in total. The molecule has 1 N–H and O–H groups in total. The number of rotatable bonds is 7. The van der Waals surface area contributed by atoms with Crippen molar-refractivity contribution < 1.29 is 13.2 Å². The van der Waals surface area contributed by atoms with Crippen LogP contribution in [0.4, 0.5) is 0 Å². The van der Waals surface area contributed by atoms with Crippen molar-refractivity contribution in [2.24, 2.45) is 0 Å². The molecule has 0 aromatic heterocycles. The second-order valence-corrected chi connectivity index (χ2v) is 5.70. The maximum atomic E-state index is 11.1. The molecule has 0 aliphatic carbocycles. The maximum absolute atomic E-state index is 11.1. The average molecular weight is 221 g/mol. The monoisotopic (exact) mass is 221 g/mol. The van der Waals surface area contributed by atoms with Gasteiger partial charge in [0.05, 0.1) is 5.75 Å². The Morgan fingerprint density at radius 2 is 1.93 bits per heavy atom. The molecule has 0 bridgehead atoms. The van der Waals surface area contributed by atoms with E-state index < -0.39 is 9.84 Å². The highest BCUT2D eigenvalue weighted by molar-refractivity contribution is 7.90. The van der Waals surface area contributed by atoms with Crippen LogP contribution in [0.3, 0.4) is 0 Å². The summed E-state index contributed by atoms with van der Waals surface area (Å²) in [7, 11) is -2.96. The summed E-state index contributed by atoms with van der Waals surface area (Å²) in [6, 6.07) is 0. The van der Waals surface area contributed by atoms with Gasteiger partial charge in [0, 0.05) is 19.2 Å².